The van der Waals surface area contributed by atoms with E-state index in [0.29, 0.717) is 0 Å². The molecule has 11 aromatic rings. The van der Waals surface area contributed by atoms with Gasteiger partial charge in [0.15, 0.2) is 0 Å². The molecule has 4 aromatic heterocycles. The predicted octanol–water partition coefficient (Wildman–Crippen LogP) is 12.7. The molecular formula is C47H25N3S2. The Balaban J connectivity index is 1.24. The van der Waals surface area contributed by atoms with Gasteiger partial charge in [0.1, 0.15) is 11.2 Å². The molecule has 0 fully saturated rings. The molecule has 3 nitrogen and oxygen atoms in total. The molecule has 0 amide bonds. The quantitative estimate of drug-likeness (QED) is 0.171. The highest BCUT2D eigenvalue weighted by molar-refractivity contribution is 7.33. The maximum Gasteiger partial charge on any atom is 0.127 e. The Morgan fingerprint density at radius 2 is 1.12 bits per heavy atom. The van der Waals surface area contributed by atoms with E-state index >= 15 is 0 Å². The van der Waals surface area contributed by atoms with Gasteiger partial charge in [-0.15, -0.1) is 22.7 Å². The van der Waals surface area contributed by atoms with Gasteiger partial charge in [0.25, 0.3) is 0 Å². The average Bonchev–Trinajstić information content (AvgIpc) is 3.99. The van der Waals surface area contributed by atoms with Crippen molar-refractivity contribution in [3.05, 3.63) is 174 Å². The molecule has 0 bridgehead atoms. The number of fused-ring (bicyclic) bond motifs is 22. The number of benzene rings is 7. The minimum absolute atomic E-state index is 0.410. The van der Waals surface area contributed by atoms with Gasteiger partial charge in [-0.25, -0.2) is 9.97 Å². The summed E-state index contributed by atoms with van der Waals surface area (Å²) in [5, 5.41) is 7.51. The Hall–Kier alpha value is -6.14. The summed E-state index contributed by atoms with van der Waals surface area (Å²) in [5.74, 6) is 0. The fourth-order valence-electron chi connectivity index (χ4n) is 9.91. The number of hydrogen-bond acceptors (Lipinski definition) is 4. The van der Waals surface area contributed by atoms with Crippen LogP contribution >= 0.6 is 22.7 Å². The molecule has 0 saturated carbocycles. The second-order valence-electron chi connectivity index (χ2n) is 14.0. The molecule has 0 radical (unpaired) electrons. The highest BCUT2D eigenvalue weighted by Crippen LogP contribution is 2.63. The molecule has 0 unspecified atom stereocenters. The summed E-state index contributed by atoms with van der Waals surface area (Å²) < 4.78 is 6.47. The first-order valence-electron chi connectivity index (χ1n) is 17.6. The normalized spacial score (nSPS) is 13.9. The van der Waals surface area contributed by atoms with Crippen LogP contribution in [-0.4, -0.2) is 14.5 Å². The zero-order chi connectivity index (χ0) is 33.7. The summed E-state index contributed by atoms with van der Waals surface area (Å²) in [6, 6.07) is 52.3. The topological polar surface area (TPSA) is 30.7 Å². The third kappa shape index (κ3) is 3.11. The summed E-state index contributed by atoms with van der Waals surface area (Å²) in [7, 11) is 0. The lowest BCUT2D eigenvalue weighted by Gasteiger charge is -2.30. The van der Waals surface area contributed by atoms with Gasteiger partial charge >= 0.3 is 0 Å². The molecule has 13 rings (SSSR count). The largest absolute Gasteiger partial charge is 0.309 e. The van der Waals surface area contributed by atoms with Gasteiger partial charge in [-0.1, -0.05) is 115 Å². The molecule has 0 atom stereocenters. The van der Waals surface area contributed by atoms with Crippen LogP contribution in [-0.2, 0) is 5.41 Å². The lowest BCUT2D eigenvalue weighted by atomic mass is 9.70. The Labute approximate surface area is 305 Å². The maximum atomic E-state index is 4.77. The minimum atomic E-state index is -0.410. The van der Waals surface area contributed by atoms with E-state index in [-0.39, 0.29) is 0 Å². The van der Waals surface area contributed by atoms with E-state index < -0.39 is 5.41 Å². The van der Waals surface area contributed by atoms with Crippen molar-refractivity contribution in [1.82, 2.24) is 14.5 Å². The number of para-hydroxylation sites is 1. The first kappa shape index (κ1) is 27.6. The van der Waals surface area contributed by atoms with Crippen molar-refractivity contribution in [2.45, 2.75) is 5.41 Å². The highest BCUT2D eigenvalue weighted by Gasteiger charge is 2.51. The molecule has 240 valence electrons. The van der Waals surface area contributed by atoms with Crippen molar-refractivity contribution in [3.8, 4) is 27.9 Å². The van der Waals surface area contributed by atoms with E-state index in [9.17, 15) is 0 Å². The van der Waals surface area contributed by atoms with Gasteiger partial charge in [0, 0.05) is 48.9 Å². The summed E-state index contributed by atoms with van der Waals surface area (Å²) in [4.78, 5) is 10.3. The number of thiophene rings is 2. The standard InChI is InChI=1S/C47H25N3S2/c1-6-16-34-27(11-1)28-12-2-7-17-35(28)47(34)36-18-8-3-13-29(36)30-22-21-26(23-37(30)47)50-38-19-9-4-14-31(38)40-41-33-24-48-25-49-46(33)52-44(41)45-42(43(40)50)32-15-5-10-20-39(32)51-45/h1-25H. The number of rotatable bonds is 1. The van der Waals surface area contributed by atoms with Gasteiger partial charge in [-0.2, -0.15) is 0 Å². The van der Waals surface area contributed by atoms with Crippen LogP contribution in [0.4, 0.5) is 0 Å². The molecule has 0 aliphatic heterocycles. The van der Waals surface area contributed by atoms with Crippen LogP contribution in [0.1, 0.15) is 22.3 Å². The maximum absolute atomic E-state index is 4.77. The molecule has 4 heterocycles. The van der Waals surface area contributed by atoms with Crippen LogP contribution in [0.2, 0.25) is 0 Å². The summed E-state index contributed by atoms with van der Waals surface area (Å²) in [5.41, 5.74) is 13.9. The van der Waals surface area contributed by atoms with Crippen LogP contribution in [0.3, 0.4) is 0 Å². The number of hydrogen-bond donors (Lipinski definition) is 0. The van der Waals surface area contributed by atoms with E-state index in [2.05, 4.69) is 149 Å². The fourth-order valence-corrected chi connectivity index (χ4v) is 12.4. The van der Waals surface area contributed by atoms with Crippen molar-refractivity contribution in [3.63, 3.8) is 0 Å². The lowest BCUT2D eigenvalue weighted by molar-refractivity contribution is 0.792. The molecule has 52 heavy (non-hydrogen) atoms. The van der Waals surface area contributed by atoms with Crippen molar-refractivity contribution in [2.24, 2.45) is 0 Å². The Bertz CT molecular complexity index is 3320. The molecule has 1 spiro atoms. The Kier molecular flexibility index (Phi) is 5.08. The first-order chi connectivity index (χ1) is 25.8. The zero-order valence-corrected chi connectivity index (χ0v) is 29.2. The molecule has 2 aliphatic rings. The van der Waals surface area contributed by atoms with Gasteiger partial charge < -0.3 is 4.57 Å². The minimum Gasteiger partial charge on any atom is -0.309 e. The van der Waals surface area contributed by atoms with E-state index in [1.807, 2.05) is 17.5 Å². The summed E-state index contributed by atoms with van der Waals surface area (Å²) in [6.45, 7) is 0. The summed E-state index contributed by atoms with van der Waals surface area (Å²) in [6.07, 6.45) is 3.69. The van der Waals surface area contributed by atoms with Gasteiger partial charge in [-0.05, 0) is 68.8 Å². The van der Waals surface area contributed by atoms with E-state index in [1.165, 1.54) is 102 Å². The second kappa shape index (κ2) is 9.59. The SMILES string of the molecule is c1ccc2c(c1)-c1ccccc1C21c2ccccc2-c2ccc(-n3c4ccccc4c4c5c6cncnc6sc5c5sc6ccccc6c5c43)cc21. The van der Waals surface area contributed by atoms with Crippen LogP contribution in [0.5, 0.6) is 0 Å². The number of aromatic nitrogens is 3. The van der Waals surface area contributed by atoms with Crippen LogP contribution in [0, 0.1) is 0 Å². The van der Waals surface area contributed by atoms with Gasteiger partial charge in [0.05, 0.1) is 25.8 Å². The van der Waals surface area contributed by atoms with Crippen molar-refractivity contribution < 1.29 is 0 Å². The van der Waals surface area contributed by atoms with Crippen molar-refractivity contribution >= 4 is 85.0 Å². The number of nitrogens with zero attached hydrogens (tertiary/aromatic N) is 3. The van der Waals surface area contributed by atoms with Gasteiger partial charge in [0.2, 0.25) is 0 Å². The predicted molar refractivity (Wildman–Crippen MR) is 218 cm³/mol. The smallest absolute Gasteiger partial charge is 0.127 e. The van der Waals surface area contributed by atoms with Gasteiger partial charge in [-0.3, -0.25) is 0 Å². The van der Waals surface area contributed by atoms with Crippen LogP contribution in [0.15, 0.2) is 152 Å². The monoisotopic (exact) mass is 695 g/mol. The molecule has 0 saturated heterocycles. The summed E-state index contributed by atoms with van der Waals surface area (Å²) >= 11 is 3.69. The molecule has 0 N–H and O–H groups in total. The second-order valence-corrected chi connectivity index (χ2v) is 16.1. The van der Waals surface area contributed by atoms with E-state index in [1.54, 1.807) is 17.7 Å². The van der Waals surface area contributed by atoms with Crippen LogP contribution in [0.25, 0.3) is 90.2 Å². The first-order valence-corrected chi connectivity index (χ1v) is 19.3. The third-order valence-electron chi connectivity index (χ3n) is 11.8. The van der Waals surface area contributed by atoms with Crippen LogP contribution < -0.4 is 0 Å². The highest BCUT2D eigenvalue weighted by atomic mass is 32.1. The molecule has 7 aromatic carbocycles. The fraction of sp³-hybridized carbons (Fsp3) is 0.0213. The van der Waals surface area contributed by atoms with E-state index in [0.717, 1.165) is 10.2 Å². The van der Waals surface area contributed by atoms with E-state index in [4.69, 9.17) is 4.98 Å². The molecule has 2 aliphatic carbocycles. The molecule has 5 heteroatoms. The van der Waals surface area contributed by atoms with Crippen molar-refractivity contribution in [1.29, 1.82) is 0 Å². The zero-order valence-electron chi connectivity index (χ0n) is 27.6. The lowest BCUT2D eigenvalue weighted by Crippen LogP contribution is -2.26. The average molecular weight is 696 g/mol. The van der Waals surface area contributed by atoms with Crippen molar-refractivity contribution in [2.75, 3.05) is 0 Å². The third-order valence-corrected chi connectivity index (χ3v) is 14.2. The Morgan fingerprint density at radius 3 is 1.87 bits per heavy atom. The molecular weight excluding hydrogens is 671 g/mol. The Morgan fingerprint density at radius 1 is 0.500 bits per heavy atom.